The van der Waals surface area contributed by atoms with Gasteiger partial charge in [-0.2, -0.15) is 5.10 Å². The van der Waals surface area contributed by atoms with E-state index in [0.29, 0.717) is 6.04 Å². The van der Waals surface area contributed by atoms with Gasteiger partial charge in [-0.1, -0.05) is 11.6 Å². The molecule has 3 aromatic rings. The Hall–Kier alpha value is -2.11. The van der Waals surface area contributed by atoms with E-state index in [2.05, 4.69) is 33.5 Å². The second kappa shape index (κ2) is 6.07. The van der Waals surface area contributed by atoms with E-state index < -0.39 is 5.82 Å². The predicted molar refractivity (Wildman–Crippen MR) is 95.5 cm³/mol. The third kappa shape index (κ3) is 2.64. The van der Waals surface area contributed by atoms with Crippen molar-refractivity contribution in [2.45, 2.75) is 12.5 Å². The van der Waals surface area contributed by atoms with Crippen molar-refractivity contribution in [2.24, 2.45) is 7.05 Å². The summed E-state index contributed by atoms with van der Waals surface area (Å²) >= 11 is 6.02. The van der Waals surface area contributed by atoms with Gasteiger partial charge in [0, 0.05) is 36.4 Å². The molecule has 124 valence electrons. The van der Waals surface area contributed by atoms with E-state index in [1.54, 1.807) is 12.1 Å². The van der Waals surface area contributed by atoms with Gasteiger partial charge < -0.3 is 10.2 Å². The van der Waals surface area contributed by atoms with Gasteiger partial charge in [0.05, 0.1) is 16.7 Å². The minimum atomic E-state index is -0.396. The number of hydrogen-bond donors (Lipinski definition) is 1. The van der Waals surface area contributed by atoms with Gasteiger partial charge in [-0.25, -0.2) is 4.39 Å². The summed E-state index contributed by atoms with van der Waals surface area (Å²) in [5.74, 6) is -0.396. The Bertz CT molecular complexity index is 886. The highest BCUT2D eigenvalue weighted by molar-refractivity contribution is 6.31. The number of aryl methyl sites for hydroxylation is 1. The molecule has 4 nitrogen and oxygen atoms in total. The molecule has 24 heavy (non-hydrogen) atoms. The average Bonchev–Trinajstić information content (AvgIpc) is 3.22. The van der Waals surface area contributed by atoms with Crippen molar-refractivity contribution >= 4 is 33.9 Å². The third-order valence-electron chi connectivity index (χ3n) is 4.59. The van der Waals surface area contributed by atoms with E-state index in [-0.39, 0.29) is 5.02 Å². The Labute approximate surface area is 144 Å². The van der Waals surface area contributed by atoms with Crippen molar-refractivity contribution in [1.29, 1.82) is 0 Å². The Balaban J connectivity index is 1.82. The fraction of sp³-hybridized carbons (Fsp3) is 0.278. The van der Waals surface area contributed by atoms with Crippen LogP contribution in [0.4, 0.5) is 15.8 Å². The summed E-state index contributed by atoms with van der Waals surface area (Å²) in [6, 6.07) is 11.5. The molecule has 1 fully saturated rings. The first-order valence-corrected chi connectivity index (χ1v) is 8.38. The minimum absolute atomic E-state index is 0.144. The summed E-state index contributed by atoms with van der Waals surface area (Å²) in [5, 5.41) is 8.93. The van der Waals surface area contributed by atoms with Gasteiger partial charge >= 0.3 is 0 Å². The van der Waals surface area contributed by atoms with Crippen LogP contribution in [-0.4, -0.2) is 28.9 Å². The van der Waals surface area contributed by atoms with Crippen LogP contribution >= 0.6 is 11.6 Å². The second-order valence-electron chi connectivity index (χ2n) is 6.13. The second-order valence-corrected chi connectivity index (χ2v) is 6.53. The Kier molecular flexibility index (Phi) is 3.90. The molecule has 2 heterocycles. The van der Waals surface area contributed by atoms with Gasteiger partial charge in [0.25, 0.3) is 0 Å². The van der Waals surface area contributed by atoms with Gasteiger partial charge in [0.15, 0.2) is 0 Å². The van der Waals surface area contributed by atoms with Crippen LogP contribution in [0.5, 0.6) is 0 Å². The van der Waals surface area contributed by atoms with Crippen LogP contribution in [0, 0.1) is 5.82 Å². The smallest absolute Gasteiger partial charge is 0.141 e. The summed E-state index contributed by atoms with van der Waals surface area (Å²) in [7, 11) is 1.93. The molecule has 4 rings (SSSR count). The van der Waals surface area contributed by atoms with Gasteiger partial charge in [0.2, 0.25) is 0 Å². The van der Waals surface area contributed by atoms with E-state index >= 15 is 0 Å². The van der Waals surface area contributed by atoms with Crippen molar-refractivity contribution in [3.05, 3.63) is 53.4 Å². The fourth-order valence-electron chi connectivity index (χ4n) is 3.37. The van der Waals surface area contributed by atoms with E-state index in [0.717, 1.165) is 41.8 Å². The summed E-state index contributed by atoms with van der Waals surface area (Å²) in [4.78, 5) is 2.23. The molecule has 0 spiro atoms. The number of halogens is 2. The maximum atomic E-state index is 13.6. The lowest BCUT2D eigenvalue weighted by Gasteiger charge is -2.31. The molecule has 1 N–H and O–H groups in total. The molecule has 1 unspecified atom stereocenters. The maximum absolute atomic E-state index is 13.6. The van der Waals surface area contributed by atoms with Gasteiger partial charge in [0.1, 0.15) is 5.82 Å². The maximum Gasteiger partial charge on any atom is 0.141 e. The van der Waals surface area contributed by atoms with Crippen LogP contribution in [0.15, 0.2) is 42.6 Å². The van der Waals surface area contributed by atoms with Crippen LogP contribution in [0.25, 0.3) is 10.9 Å². The first-order valence-electron chi connectivity index (χ1n) is 8.00. The third-order valence-corrected chi connectivity index (χ3v) is 4.88. The van der Waals surface area contributed by atoms with Gasteiger partial charge in [-0.3, -0.25) is 4.68 Å². The molecule has 1 saturated heterocycles. The zero-order chi connectivity index (χ0) is 16.7. The van der Waals surface area contributed by atoms with E-state index in [1.807, 2.05) is 17.9 Å². The largest absolute Gasteiger partial charge is 0.337 e. The first kappa shape index (κ1) is 15.4. The fourth-order valence-corrected chi connectivity index (χ4v) is 3.54. The number of nitrogens with one attached hydrogen (secondary N) is 1. The number of benzene rings is 2. The Morgan fingerprint density at radius 3 is 2.79 bits per heavy atom. The molecule has 0 bridgehead atoms. The minimum Gasteiger partial charge on any atom is -0.337 e. The number of nitrogens with zero attached hydrogens (tertiary/aromatic N) is 3. The summed E-state index contributed by atoms with van der Waals surface area (Å²) < 4.78 is 15.4. The number of aromatic nitrogens is 2. The molecule has 1 aliphatic rings. The molecule has 0 aliphatic carbocycles. The first-order chi connectivity index (χ1) is 11.6. The number of fused-ring (bicyclic) bond motifs is 1. The Morgan fingerprint density at radius 2 is 2.04 bits per heavy atom. The molecular formula is C18H18ClFN4. The molecule has 1 aromatic heterocycles. The molecule has 0 saturated carbocycles. The van der Waals surface area contributed by atoms with Crippen LogP contribution in [0.2, 0.25) is 5.02 Å². The molecule has 1 atom stereocenters. The highest BCUT2D eigenvalue weighted by atomic mass is 35.5. The molecule has 6 heteroatoms. The molecule has 0 amide bonds. The van der Waals surface area contributed by atoms with Crippen LogP contribution in [0.3, 0.4) is 0 Å². The van der Waals surface area contributed by atoms with Crippen molar-refractivity contribution in [1.82, 2.24) is 15.1 Å². The highest BCUT2D eigenvalue weighted by Gasteiger charge is 2.25. The van der Waals surface area contributed by atoms with Crippen molar-refractivity contribution in [3.8, 4) is 0 Å². The number of hydrogen-bond acceptors (Lipinski definition) is 3. The van der Waals surface area contributed by atoms with Crippen LogP contribution in [0.1, 0.15) is 6.42 Å². The van der Waals surface area contributed by atoms with Crippen molar-refractivity contribution < 1.29 is 4.39 Å². The summed E-state index contributed by atoms with van der Waals surface area (Å²) in [5.41, 5.74) is 3.05. The topological polar surface area (TPSA) is 33.1 Å². The normalized spacial score (nSPS) is 17.5. The quantitative estimate of drug-likeness (QED) is 0.783. The van der Waals surface area contributed by atoms with Crippen LogP contribution in [-0.2, 0) is 7.05 Å². The highest BCUT2D eigenvalue weighted by Crippen LogP contribution is 2.34. The van der Waals surface area contributed by atoms with Crippen LogP contribution < -0.4 is 10.2 Å². The molecule has 2 aromatic carbocycles. The van der Waals surface area contributed by atoms with E-state index in [9.17, 15) is 4.39 Å². The van der Waals surface area contributed by atoms with E-state index in [1.165, 1.54) is 6.07 Å². The zero-order valence-corrected chi connectivity index (χ0v) is 14.1. The van der Waals surface area contributed by atoms with Crippen molar-refractivity contribution in [2.75, 3.05) is 18.0 Å². The summed E-state index contributed by atoms with van der Waals surface area (Å²) in [6.07, 6.45) is 2.89. The lowest BCUT2D eigenvalue weighted by Crippen LogP contribution is -2.32. The molecular weight excluding hydrogens is 327 g/mol. The van der Waals surface area contributed by atoms with Crippen molar-refractivity contribution in [3.63, 3.8) is 0 Å². The summed E-state index contributed by atoms with van der Waals surface area (Å²) in [6.45, 7) is 1.87. The van der Waals surface area contributed by atoms with E-state index in [4.69, 9.17) is 11.6 Å². The molecule has 1 aliphatic heterocycles. The lowest BCUT2D eigenvalue weighted by molar-refractivity contribution is 0.627. The zero-order valence-electron chi connectivity index (χ0n) is 13.3. The monoisotopic (exact) mass is 344 g/mol. The lowest BCUT2D eigenvalue weighted by atomic mass is 10.1. The standard InChI is InChI=1S/C18H18ClFN4/c1-23-18-5-3-13(8-12(18)10-22-23)24(15-6-7-21-11-15)14-2-4-17(20)16(19)9-14/h2-5,8-10,15,21H,6-7,11H2,1H3. The SMILES string of the molecule is Cn1ncc2cc(N(c3ccc(F)c(Cl)c3)C3CCNC3)ccc21. The predicted octanol–water partition coefficient (Wildman–Crippen LogP) is 3.87. The van der Waals surface area contributed by atoms with Gasteiger partial charge in [-0.15, -0.1) is 0 Å². The average molecular weight is 345 g/mol. The number of anilines is 2. The molecule has 0 radical (unpaired) electrons. The Morgan fingerprint density at radius 1 is 1.25 bits per heavy atom. The van der Waals surface area contributed by atoms with Gasteiger partial charge in [-0.05, 0) is 49.4 Å². The number of rotatable bonds is 3.